The van der Waals surface area contributed by atoms with Crippen molar-refractivity contribution in [2.45, 2.75) is 19.1 Å². The molecule has 4 nitrogen and oxygen atoms in total. The molecule has 2 atom stereocenters. The van der Waals surface area contributed by atoms with E-state index in [1.165, 1.54) is 19.2 Å². The Hall–Kier alpha value is -1.46. The Bertz CT molecular complexity index is 384. The lowest BCUT2D eigenvalue weighted by Gasteiger charge is -2.21. The molecule has 0 amide bonds. The van der Waals surface area contributed by atoms with E-state index in [1.54, 1.807) is 19.1 Å². The van der Waals surface area contributed by atoms with Gasteiger partial charge in [-0.1, -0.05) is 18.2 Å². The summed E-state index contributed by atoms with van der Waals surface area (Å²) in [5.74, 6) is -1.06. The summed E-state index contributed by atoms with van der Waals surface area (Å²) in [6.45, 7) is 1.90. The second-order valence-electron chi connectivity index (χ2n) is 3.46. The average molecular weight is 241 g/mol. The Morgan fingerprint density at radius 1 is 1.47 bits per heavy atom. The largest absolute Gasteiger partial charge is 0.464 e. The van der Waals surface area contributed by atoms with Gasteiger partial charge in [-0.2, -0.15) is 0 Å². The third-order valence-corrected chi connectivity index (χ3v) is 2.36. The third kappa shape index (κ3) is 3.25. The van der Waals surface area contributed by atoms with Crippen molar-refractivity contribution in [1.82, 2.24) is 0 Å². The summed E-state index contributed by atoms with van der Waals surface area (Å²) in [7, 11) is 1.34. The van der Waals surface area contributed by atoms with E-state index >= 15 is 0 Å². The molecule has 0 radical (unpaired) electrons. The van der Waals surface area contributed by atoms with Gasteiger partial charge in [0.25, 0.3) is 0 Å². The van der Waals surface area contributed by atoms with Gasteiger partial charge in [-0.15, -0.1) is 0 Å². The van der Waals surface area contributed by atoms with Crippen molar-refractivity contribution in [2.24, 2.45) is 5.73 Å². The molecule has 0 saturated heterocycles. The molecule has 0 aliphatic carbocycles. The predicted molar refractivity (Wildman–Crippen MR) is 60.8 cm³/mol. The van der Waals surface area contributed by atoms with Crippen molar-refractivity contribution in [3.8, 4) is 0 Å². The molecule has 1 aromatic carbocycles. The molecule has 0 aliphatic rings. The van der Waals surface area contributed by atoms with Gasteiger partial charge in [-0.25, -0.2) is 9.18 Å². The molecule has 1 aromatic rings. The molecule has 0 fully saturated rings. The number of nitrogens with two attached hydrogens (primary N) is 1. The summed E-state index contributed by atoms with van der Waals surface area (Å²) < 4.78 is 23.3. The molecule has 2 N–H and O–H groups in total. The van der Waals surface area contributed by atoms with Gasteiger partial charge in [0.2, 0.25) is 0 Å². The van der Waals surface area contributed by atoms with Crippen LogP contribution in [0.4, 0.5) is 4.39 Å². The van der Waals surface area contributed by atoms with Gasteiger partial charge in [0.05, 0.1) is 12.6 Å². The number of hydrogen-bond acceptors (Lipinski definition) is 4. The van der Waals surface area contributed by atoms with E-state index in [1.807, 2.05) is 0 Å². The van der Waals surface area contributed by atoms with Crippen LogP contribution in [0.15, 0.2) is 24.3 Å². The van der Waals surface area contributed by atoms with Gasteiger partial charge >= 0.3 is 5.97 Å². The first-order valence-corrected chi connectivity index (χ1v) is 5.31. The average Bonchev–Trinajstić information content (AvgIpc) is 2.30. The van der Waals surface area contributed by atoms with E-state index in [-0.39, 0.29) is 12.2 Å². The first-order chi connectivity index (χ1) is 8.11. The number of benzene rings is 1. The van der Waals surface area contributed by atoms with Crippen molar-refractivity contribution in [3.05, 3.63) is 35.6 Å². The first kappa shape index (κ1) is 13.6. The molecule has 0 bridgehead atoms. The van der Waals surface area contributed by atoms with E-state index in [0.717, 1.165) is 0 Å². The standard InChI is InChI=1S/C12H16FNO3/c1-3-17-12(15)11(16-2)10(14)8-6-4-5-7-9(8)13/h4-7,10-11H,3,14H2,1-2H3. The van der Waals surface area contributed by atoms with Crippen molar-refractivity contribution in [2.75, 3.05) is 13.7 Å². The van der Waals surface area contributed by atoms with Crippen LogP contribution >= 0.6 is 0 Å². The van der Waals surface area contributed by atoms with Gasteiger partial charge < -0.3 is 15.2 Å². The van der Waals surface area contributed by atoms with Crippen LogP contribution in [0.3, 0.4) is 0 Å². The van der Waals surface area contributed by atoms with Crippen LogP contribution in [0.1, 0.15) is 18.5 Å². The zero-order valence-corrected chi connectivity index (χ0v) is 9.85. The molecule has 17 heavy (non-hydrogen) atoms. The minimum absolute atomic E-state index is 0.225. The summed E-state index contributed by atoms with van der Waals surface area (Å²) in [6.07, 6.45) is -1.01. The second kappa shape index (κ2) is 6.32. The fraction of sp³-hybridized carbons (Fsp3) is 0.417. The number of carbonyl (C=O) groups excluding carboxylic acids is 1. The first-order valence-electron chi connectivity index (χ1n) is 5.31. The SMILES string of the molecule is CCOC(=O)C(OC)C(N)c1ccccc1F. The fourth-order valence-electron chi connectivity index (χ4n) is 1.52. The lowest BCUT2D eigenvalue weighted by Crippen LogP contribution is -2.37. The highest BCUT2D eigenvalue weighted by Crippen LogP contribution is 2.20. The van der Waals surface area contributed by atoms with E-state index < -0.39 is 23.9 Å². The molecule has 0 spiro atoms. The number of methoxy groups -OCH3 is 1. The third-order valence-electron chi connectivity index (χ3n) is 2.36. The molecule has 5 heteroatoms. The minimum atomic E-state index is -1.01. The van der Waals surface area contributed by atoms with Crippen LogP contribution in [0.25, 0.3) is 0 Å². The van der Waals surface area contributed by atoms with E-state index in [4.69, 9.17) is 15.2 Å². The summed E-state index contributed by atoms with van der Waals surface area (Å²) in [4.78, 5) is 11.6. The maximum absolute atomic E-state index is 13.5. The summed E-state index contributed by atoms with van der Waals surface area (Å²) in [5, 5.41) is 0. The number of hydrogen-bond donors (Lipinski definition) is 1. The highest BCUT2D eigenvalue weighted by molar-refractivity contribution is 5.76. The zero-order chi connectivity index (χ0) is 12.8. The van der Waals surface area contributed by atoms with Crippen molar-refractivity contribution >= 4 is 5.97 Å². The van der Waals surface area contributed by atoms with Crippen molar-refractivity contribution < 1.29 is 18.7 Å². The Labute approximate surface area is 99.5 Å². The number of carbonyl (C=O) groups is 1. The van der Waals surface area contributed by atoms with Gasteiger partial charge in [0.1, 0.15) is 5.82 Å². The predicted octanol–water partition coefficient (Wildman–Crippen LogP) is 1.40. The summed E-state index contributed by atoms with van der Waals surface area (Å²) >= 11 is 0. The quantitative estimate of drug-likeness (QED) is 0.792. The van der Waals surface area contributed by atoms with Gasteiger partial charge in [0, 0.05) is 12.7 Å². The van der Waals surface area contributed by atoms with Gasteiger partial charge in [-0.05, 0) is 13.0 Å². The number of rotatable bonds is 5. The van der Waals surface area contributed by atoms with E-state index in [0.29, 0.717) is 0 Å². The lowest BCUT2D eigenvalue weighted by atomic mass is 10.0. The van der Waals surface area contributed by atoms with Crippen LogP contribution in [-0.2, 0) is 14.3 Å². The van der Waals surface area contributed by atoms with Crippen LogP contribution in [0.5, 0.6) is 0 Å². The molecule has 2 unspecified atom stereocenters. The molecule has 0 aliphatic heterocycles. The molecule has 0 saturated carbocycles. The normalized spacial score (nSPS) is 14.1. The van der Waals surface area contributed by atoms with Crippen molar-refractivity contribution in [3.63, 3.8) is 0 Å². The minimum Gasteiger partial charge on any atom is -0.464 e. The molecule has 0 heterocycles. The molecular weight excluding hydrogens is 225 g/mol. The monoisotopic (exact) mass is 241 g/mol. The smallest absolute Gasteiger partial charge is 0.337 e. The van der Waals surface area contributed by atoms with E-state index in [9.17, 15) is 9.18 Å². The Kier molecular flexibility index (Phi) is 5.06. The summed E-state index contributed by atoms with van der Waals surface area (Å²) in [5.41, 5.74) is 6.05. The maximum atomic E-state index is 13.5. The molecule has 1 rings (SSSR count). The number of halogens is 1. The number of ether oxygens (including phenoxy) is 2. The molecular formula is C12H16FNO3. The zero-order valence-electron chi connectivity index (χ0n) is 9.85. The summed E-state index contributed by atoms with van der Waals surface area (Å²) in [6, 6.07) is 5.12. The van der Waals surface area contributed by atoms with Crippen LogP contribution < -0.4 is 5.73 Å². The maximum Gasteiger partial charge on any atom is 0.337 e. The van der Waals surface area contributed by atoms with Gasteiger partial charge in [-0.3, -0.25) is 0 Å². The number of esters is 1. The molecule has 94 valence electrons. The Morgan fingerprint density at radius 3 is 2.65 bits per heavy atom. The van der Waals surface area contributed by atoms with Crippen LogP contribution in [0, 0.1) is 5.82 Å². The van der Waals surface area contributed by atoms with Crippen LogP contribution in [0.2, 0.25) is 0 Å². The highest BCUT2D eigenvalue weighted by atomic mass is 19.1. The fourth-order valence-corrected chi connectivity index (χ4v) is 1.52. The second-order valence-corrected chi connectivity index (χ2v) is 3.46. The Balaban J connectivity index is 2.90. The Morgan fingerprint density at radius 2 is 2.12 bits per heavy atom. The van der Waals surface area contributed by atoms with Crippen LogP contribution in [-0.4, -0.2) is 25.8 Å². The highest BCUT2D eigenvalue weighted by Gasteiger charge is 2.29. The topological polar surface area (TPSA) is 61.5 Å². The molecule has 0 aromatic heterocycles. The van der Waals surface area contributed by atoms with E-state index in [2.05, 4.69) is 0 Å². The lowest BCUT2D eigenvalue weighted by molar-refractivity contribution is -0.156. The van der Waals surface area contributed by atoms with Gasteiger partial charge in [0.15, 0.2) is 6.10 Å². The van der Waals surface area contributed by atoms with Crippen molar-refractivity contribution in [1.29, 1.82) is 0 Å².